The highest BCUT2D eigenvalue weighted by Crippen LogP contribution is 2.25. The third kappa shape index (κ3) is 21.2. The lowest BCUT2D eigenvalue weighted by molar-refractivity contribution is -0.0602. The molecule has 0 radical (unpaired) electrons. The van der Waals surface area contributed by atoms with Crippen molar-refractivity contribution >= 4 is 0 Å². The summed E-state index contributed by atoms with van der Waals surface area (Å²) in [5.41, 5.74) is 0. The second-order valence-corrected chi connectivity index (χ2v) is 12.7. The molecule has 10 heteroatoms. The fraction of sp³-hybridized carbons (Fsp3) is 0.946. The van der Waals surface area contributed by atoms with Gasteiger partial charge >= 0.3 is 0 Å². The Labute approximate surface area is 288 Å². The normalized spacial score (nSPS) is 18.5. The zero-order chi connectivity index (χ0) is 35.5. The first-order valence-corrected chi connectivity index (χ1v) is 17.6. The van der Waals surface area contributed by atoms with E-state index < -0.39 is 0 Å². The van der Waals surface area contributed by atoms with Gasteiger partial charge in [-0.3, -0.25) is 0 Å². The molecule has 0 aliphatic heterocycles. The average Bonchev–Trinajstić information content (AvgIpc) is 3.10. The molecule has 10 atom stereocenters. The highest BCUT2D eigenvalue weighted by Gasteiger charge is 2.29. The van der Waals surface area contributed by atoms with Crippen LogP contribution in [0, 0.1) is 0 Å². The van der Waals surface area contributed by atoms with E-state index in [-0.39, 0.29) is 61.0 Å². The smallest absolute Gasteiger partial charge is 0.0630 e. The monoisotopic (exact) mass is 679 g/mol. The summed E-state index contributed by atoms with van der Waals surface area (Å²) in [6, 6.07) is 0. The summed E-state index contributed by atoms with van der Waals surface area (Å²) in [4.78, 5) is 0. The van der Waals surface area contributed by atoms with E-state index in [0.717, 1.165) is 57.8 Å². The molecule has 0 N–H and O–H groups in total. The van der Waals surface area contributed by atoms with Gasteiger partial charge in [-0.15, -0.1) is 6.58 Å². The molecule has 0 bridgehead atoms. The first-order valence-electron chi connectivity index (χ1n) is 17.6. The third-order valence-electron chi connectivity index (χ3n) is 9.62. The minimum absolute atomic E-state index is 0.00622. The standard InChI is InChI=1S/C37H74O10/c1-13-15-16-18-29(39-4)20-31(41-6)22-33(43-8)24-35(45-10)26-37(47-12)27-36(46-11)25-34(44-9)23-32(42-7)21-30(40-5)19-28(38-3)17-14-2/h14,28-37H,2,13,15-27H2,1,3-12H3/t28-,29+,30-,31+,32-,33+,34-,35+,36-,37+/m0/s1. The predicted molar refractivity (Wildman–Crippen MR) is 188 cm³/mol. The van der Waals surface area contributed by atoms with Crippen molar-refractivity contribution < 1.29 is 47.4 Å². The first kappa shape index (κ1) is 46.3. The van der Waals surface area contributed by atoms with Crippen LogP contribution in [0.2, 0.25) is 0 Å². The Morgan fingerprint density at radius 1 is 0.362 bits per heavy atom. The molecule has 0 aliphatic rings. The maximum Gasteiger partial charge on any atom is 0.0630 e. The maximum atomic E-state index is 5.96. The van der Waals surface area contributed by atoms with Crippen molar-refractivity contribution in [1.82, 2.24) is 0 Å². The first-order chi connectivity index (χ1) is 22.7. The molecule has 0 aliphatic carbocycles. The van der Waals surface area contributed by atoms with E-state index in [2.05, 4.69) is 13.5 Å². The lowest BCUT2D eigenvalue weighted by Crippen LogP contribution is -2.34. The Morgan fingerprint density at radius 3 is 0.809 bits per heavy atom. The number of methoxy groups -OCH3 is 10. The van der Waals surface area contributed by atoms with Crippen LogP contribution in [0.1, 0.15) is 96.8 Å². The zero-order valence-electron chi connectivity index (χ0n) is 32.0. The topological polar surface area (TPSA) is 92.3 Å². The van der Waals surface area contributed by atoms with E-state index in [1.165, 1.54) is 19.3 Å². The van der Waals surface area contributed by atoms with Gasteiger partial charge in [0.25, 0.3) is 0 Å². The molecule has 0 aromatic rings. The molecule has 0 heterocycles. The maximum absolute atomic E-state index is 5.96. The molecule has 10 nitrogen and oxygen atoms in total. The van der Waals surface area contributed by atoms with Gasteiger partial charge in [0.2, 0.25) is 0 Å². The van der Waals surface area contributed by atoms with Gasteiger partial charge in [-0.25, -0.2) is 0 Å². The van der Waals surface area contributed by atoms with Gasteiger partial charge in [-0.05, 0) is 64.2 Å². The van der Waals surface area contributed by atoms with E-state index in [1.807, 2.05) is 6.08 Å². The van der Waals surface area contributed by atoms with Gasteiger partial charge in [-0.1, -0.05) is 32.3 Å². The van der Waals surface area contributed by atoms with Crippen LogP contribution >= 0.6 is 0 Å². The van der Waals surface area contributed by atoms with Crippen molar-refractivity contribution in [2.45, 2.75) is 158 Å². The molecule has 47 heavy (non-hydrogen) atoms. The van der Waals surface area contributed by atoms with Crippen molar-refractivity contribution in [3.05, 3.63) is 12.7 Å². The molecule has 0 saturated carbocycles. The molecular weight excluding hydrogens is 604 g/mol. The van der Waals surface area contributed by atoms with E-state index in [0.29, 0.717) is 12.8 Å². The van der Waals surface area contributed by atoms with Crippen LogP contribution < -0.4 is 0 Å². The average molecular weight is 679 g/mol. The molecule has 0 fully saturated rings. The highest BCUT2D eigenvalue weighted by molar-refractivity contribution is 4.81. The molecule has 0 aromatic heterocycles. The van der Waals surface area contributed by atoms with Crippen molar-refractivity contribution in [2.75, 3.05) is 71.1 Å². The van der Waals surface area contributed by atoms with Crippen LogP contribution in [-0.4, -0.2) is 132 Å². The minimum atomic E-state index is -0.0571. The second-order valence-electron chi connectivity index (χ2n) is 12.7. The van der Waals surface area contributed by atoms with Crippen molar-refractivity contribution in [2.24, 2.45) is 0 Å². The Hall–Kier alpha value is -0.660. The number of hydrogen-bond donors (Lipinski definition) is 0. The van der Waals surface area contributed by atoms with Gasteiger partial charge in [0.05, 0.1) is 61.0 Å². The number of rotatable bonds is 34. The Kier molecular flexibility index (Phi) is 29.8. The number of unbranched alkanes of at least 4 members (excludes halogenated alkanes) is 2. The molecule has 0 saturated heterocycles. The van der Waals surface area contributed by atoms with Gasteiger partial charge in [-0.2, -0.15) is 0 Å². The lowest BCUT2D eigenvalue weighted by Gasteiger charge is -2.31. The van der Waals surface area contributed by atoms with Crippen LogP contribution in [0.5, 0.6) is 0 Å². The quantitative estimate of drug-likeness (QED) is 0.0534. The van der Waals surface area contributed by atoms with Crippen LogP contribution in [0.25, 0.3) is 0 Å². The Balaban J connectivity index is 5.21. The minimum Gasteiger partial charge on any atom is -0.381 e. The van der Waals surface area contributed by atoms with Gasteiger partial charge in [0, 0.05) is 77.5 Å². The van der Waals surface area contributed by atoms with Crippen LogP contribution in [0.15, 0.2) is 12.7 Å². The molecule has 282 valence electrons. The van der Waals surface area contributed by atoms with E-state index in [9.17, 15) is 0 Å². The van der Waals surface area contributed by atoms with Gasteiger partial charge in [0.15, 0.2) is 0 Å². The summed E-state index contributed by atoms with van der Waals surface area (Å²) >= 11 is 0. The van der Waals surface area contributed by atoms with E-state index in [4.69, 9.17) is 47.4 Å². The van der Waals surface area contributed by atoms with Gasteiger partial charge in [0.1, 0.15) is 0 Å². The Morgan fingerprint density at radius 2 is 0.596 bits per heavy atom. The summed E-state index contributed by atoms with van der Waals surface area (Å²) in [5, 5.41) is 0. The number of ether oxygens (including phenoxy) is 10. The van der Waals surface area contributed by atoms with Gasteiger partial charge < -0.3 is 47.4 Å². The summed E-state index contributed by atoms with van der Waals surface area (Å²) in [6.45, 7) is 6.06. The van der Waals surface area contributed by atoms with Crippen molar-refractivity contribution in [3.8, 4) is 0 Å². The van der Waals surface area contributed by atoms with E-state index in [1.54, 1.807) is 71.1 Å². The molecule has 0 rings (SSSR count). The fourth-order valence-corrected chi connectivity index (χ4v) is 6.38. The van der Waals surface area contributed by atoms with Crippen LogP contribution in [0.3, 0.4) is 0 Å². The Bertz CT molecular complexity index is 698. The predicted octanol–water partition coefficient (Wildman–Crippen LogP) is 6.80. The molecule has 0 unspecified atom stereocenters. The largest absolute Gasteiger partial charge is 0.381 e. The molecule has 0 amide bonds. The summed E-state index contributed by atoms with van der Waals surface area (Å²) < 4.78 is 58.6. The summed E-state index contributed by atoms with van der Waals surface area (Å²) in [6.07, 6.45) is 14.1. The lowest BCUT2D eigenvalue weighted by atomic mass is 9.94. The molecule has 0 spiro atoms. The fourth-order valence-electron chi connectivity index (χ4n) is 6.38. The van der Waals surface area contributed by atoms with E-state index >= 15 is 0 Å². The summed E-state index contributed by atoms with van der Waals surface area (Å²) in [7, 11) is 17.5. The highest BCUT2D eigenvalue weighted by atomic mass is 16.5. The third-order valence-corrected chi connectivity index (χ3v) is 9.62. The summed E-state index contributed by atoms with van der Waals surface area (Å²) in [5.74, 6) is 0. The van der Waals surface area contributed by atoms with Crippen LogP contribution in [-0.2, 0) is 47.4 Å². The zero-order valence-corrected chi connectivity index (χ0v) is 32.0. The SMILES string of the molecule is C=CC[C@@H](C[C@@H](C[C@@H](C[C@@H](C[C@@H](C[C@@H](C[C@@H](C[C@@H](C[C@@H](C[C@@H](CCCCC)OC)OC)OC)OC)OC)OC)OC)OC)OC)OC. The molecular formula is C37H74O10. The van der Waals surface area contributed by atoms with Crippen molar-refractivity contribution in [3.63, 3.8) is 0 Å². The molecule has 0 aromatic carbocycles. The number of hydrogen-bond acceptors (Lipinski definition) is 10. The van der Waals surface area contributed by atoms with Crippen LogP contribution in [0.4, 0.5) is 0 Å². The van der Waals surface area contributed by atoms with Crippen molar-refractivity contribution in [1.29, 1.82) is 0 Å². The second kappa shape index (κ2) is 30.2.